The van der Waals surface area contributed by atoms with Crippen LogP contribution < -0.4 is 0 Å². The molecule has 2 aromatic carbocycles. The highest BCUT2D eigenvalue weighted by molar-refractivity contribution is 7.85. The van der Waals surface area contributed by atoms with Gasteiger partial charge in [-0.25, -0.2) is 0 Å². The molecule has 0 atom stereocenters. The van der Waals surface area contributed by atoms with Crippen LogP contribution in [0.1, 0.15) is 24.5 Å². The van der Waals surface area contributed by atoms with E-state index in [4.69, 9.17) is 4.55 Å². The van der Waals surface area contributed by atoms with Gasteiger partial charge in [-0.1, -0.05) is 48.9 Å². The molecule has 3 nitrogen and oxygen atoms in total. The zero-order valence-electron chi connectivity index (χ0n) is 11.6. The third kappa shape index (κ3) is 5.41. The van der Waals surface area contributed by atoms with E-state index in [1.807, 2.05) is 0 Å². The summed E-state index contributed by atoms with van der Waals surface area (Å²) in [6.07, 6.45) is 0.471. The van der Waals surface area contributed by atoms with Crippen LogP contribution in [-0.2, 0) is 10.1 Å². The zero-order valence-corrected chi connectivity index (χ0v) is 12.4. The van der Waals surface area contributed by atoms with Crippen LogP contribution in [0.2, 0.25) is 0 Å². The molecule has 0 fully saturated rings. The third-order valence-corrected chi connectivity index (χ3v) is 3.60. The average Bonchev–Trinajstić information content (AvgIpc) is 2.28. The molecule has 0 saturated heterocycles. The zero-order chi connectivity index (χ0) is 14.5. The molecule has 0 aliphatic carbocycles. The summed E-state index contributed by atoms with van der Waals surface area (Å²) in [4.78, 5) is 0. The summed E-state index contributed by atoms with van der Waals surface area (Å²) in [6, 6.07) is 13.0. The van der Waals surface area contributed by atoms with Crippen LogP contribution >= 0.6 is 0 Å². The fourth-order valence-electron chi connectivity index (χ4n) is 1.95. The summed E-state index contributed by atoms with van der Waals surface area (Å²) < 4.78 is 27.6. The van der Waals surface area contributed by atoms with Gasteiger partial charge in [0.05, 0.1) is 5.75 Å². The Morgan fingerprint density at radius 1 is 1.11 bits per heavy atom. The number of benzene rings is 2. The van der Waals surface area contributed by atoms with Crippen molar-refractivity contribution < 1.29 is 13.0 Å². The maximum atomic E-state index is 9.79. The Morgan fingerprint density at radius 2 is 1.74 bits per heavy atom. The van der Waals surface area contributed by atoms with Crippen molar-refractivity contribution >= 4 is 20.9 Å². The predicted octanol–water partition coefficient (Wildman–Crippen LogP) is 3.74. The van der Waals surface area contributed by atoms with Gasteiger partial charge in [0.2, 0.25) is 0 Å². The Morgan fingerprint density at radius 3 is 2.26 bits per heavy atom. The molecule has 0 spiro atoms. The molecule has 2 aromatic rings. The van der Waals surface area contributed by atoms with Crippen molar-refractivity contribution in [1.82, 2.24) is 0 Å². The van der Waals surface area contributed by atoms with Crippen LogP contribution in [0.5, 0.6) is 0 Å². The summed E-state index contributed by atoms with van der Waals surface area (Å²) in [6.45, 7) is 5.99. The fourth-order valence-corrected chi connectivity index (χ4v) is 2.46. The molecule has 19 heavy (non-hydrogen) atoms. The lowest BCUT2D eigenvalue weighted by Crippen LogP contribution is -2.01. The second-order valence-corrected chi connectivity index (χ2v) is 6.16. The maximum Gasteiger partial charge on any atom is 0.264 e. The van der Waals surface area contributed by atoms with Gasteiger partial charge in [0.15, 0.2) is 0 Å². The fraction of sp³-hybridized carbons (Fsp3) is 0.333. The van der Waals surface area contributed by atoms with Crippen LogP contribution in [0, 0.1) is 13.8 Å². The van der Waals surface area contributed by atoms with Gasteiger partial charge in [-0.2, -0.15) is 8.42 Å². The maximum absolute atomic E-state index is 9.79. The van der Waals surface area contributed by atoms with Crippen molar-refractivity contribution in [2.75, 3.05) is 5.75 Å². The normalized spacial score (nSPS) is 10.9. The van der Waals surface area contributed by atoms with E-state index in [1.165, 1.54) is 21.9 Å². The molecule has 0 aliphatic heterocycles. The van der Waals surface area contributed by atoms with E-state index < -0.39 is 10.1 Å². The highest BCUT2D eigenvalue weighted by atomic mass is 32.2. The minimum atomic E-state index is -3.67. The lowest BCUT2D eigenvalue weighted by atomic mass is 10.0. The number of hydrogen-bond donors (Lipinski definition) is 1. The SMILES string of the molecule is CCCS(=O)(=O)O.Cc1cc(C)c2ccccc2c1. The lowest BCUT2D eigenvalue weighted by molar-refractivity contribution is 0.482. The summed E-state index contributed by atoms with van der Waals surface area (Å²) in [5.74, 6) is -0.132. The smallest absolute Gasteiger partial charge is 0.264 e. The molecule has 4 heteroatoms. The van der Waals surface area contributed by atoms with E-state index in [0.29, 0.717) is 6.42 Å². The lowest BCUT2D eigenvalue weighted by Gasteiger charge is -2.02. The quantitative estimate of drug-likeness (QED) is 0.853. The summed E-state index contributed by atoms with van der Waals surface area (Å²) in [7, 11) is -3.67. The minimum Gasteiger partial charge on any atom is -0.286 e. The molecule has 0 amide bonds. The van der Waals surface area contributed by atoms with Gasteiger partial charge < -0.3 is 0 Å². The average molecular weight is 280 g/mol. The minimum absolute atomic E-state index is 0.132. The third-order valence-electron chi connectivity index (χ3n) is 2.68. The molecule has 0 heterocycles. The molecule has 0 radical (unpaired) electrons. The summed E-state index contributed by atoms with van der Waals surface area (Å²) in [5.41, 5.74) is 2.71. The molecule has 0 aliphatic rings. The second-order valence-electron chi connectivity index (χ2n) is 4.59. The van der Waals surface area contributed by atoms with Crippen LogP contribution in [0.4, 0.5) is 0 Å². The highest BCUT2D eigenvalue weighted by Crippen LogP contribution is 2.19. The van der Waals surface area contributed by atoms with Crippen LogP contribution in [0.3, 0.4) is 0 Å². The van der Waals surface area contributed by atoms with Crippen molar-refractivity contribution in [2.45, 2.75) is 27.2 Å². The molecule has 0 aromatic heterocycles. The molecular weight excluding hydrogens is 260 g/mol. The van der Waals surface area contributed by atoms with Gasteiger partial charge in [0.1, 0.15) is 0 Å². The Labute approximate surface area is 115 Å². The summed E-state index contributed by atoms with van der Waals surface area (Å²) in [5, 5.41) is 2.71. The van der Waals surface area contributed by atoms with E-state index in [9.17, 15) is 8.42 Å². The van der Waals surface area contributed by atoms with Crippen molar-refractivity contribution in [3.63, 3.8) is 0 Å². The van der Waals surface area contributed by atoms with E-state index in [0.717, 1.165) is 0 Å². The van der Waals surface area contributed by atoms with E-state index in [-0.39, 0.29) is 5.75 Å². The first-order valence-corrected chi connectivity index (χ1v) is 7.85. The Kier molecular flexibility index (Phi) is 5.51. The highest BCUT2D eigenvalue weighted by Gasteiger charge is 1.98. The molecule has 0 saturated carbocycles. The van der Waals surface area contributed by atoms with Gasteiger partial charge in [0, 0.05) is 0 Å². The molecule has 0 unspecified atom stereocenters. The Bertz CT molecular complexity index is 645. The van der Waals surface area contributed by atoms with Crippen LogP contribution in [-0.4, -0.2) is 18.7 Å². The Hall–Kier alpha value is -1.39. The first-order valence-electron chi connectivity index (χ1n) is 6.24. The topological polar surface area (TPSA) is 54.4 Å². The van der Waals surface area contributed by atoms with Crippen molar-refractivity contribution in [2.24, 2.45) is 0 Å². The summed E-state index contributed by atoms with van der Waals surface area (Å²) >= 11 is 0. The predicted molar refractivity (Wildman–Crippen MR) is 80.1 cm³/mol. The first kappa shape index (κ1) is 15.7. The monoisotopic (exact) mass is 280 g/mol. The van der Waals surface area contributed by atoms with Gasteiger partial charge in [-0.05, 0) is 36.6 Å². The van der Waals surface area contributed by atoms with Crippen molar-refractivity contribution in [1.29, 1.82) is 0 Å². The molecule has 104 valence electrons. The van der Waals surface area contributed by atoms with Gasteiger partial charge >= 0.3 is 0 Å². The molecule has 2 rings (SSSR count). The first-order chi connectivity index (χ1) is 8.83. The number of fused-ring (bicyclic) bond motifs is 1. The van der Waals surface area contributed by atoms with Crippen LogP contribution in [0.15, 0.2) is 36.4 Å². The van der Waals surface area contributed by atoms with Crippen LogP contribution in [0.25, 0.3) is 10.8 Å². The van der Waals surface area contributed by atoms with Gasteiger partial charge in [0.25, 0.3) is 10.1 Å². The molecule has 0 bridgehead atoms. The van der Waals surface area contributed by atoms with Gasteiger partial charge in [-0.3, -0.25) is 4.55 Å². The van der Waals surface area contributed by atoms with Gasteiger partial charge in [-0.15, -0.1) is 0 Å². The largest absolute Gasteiger partial charge is 0.286 e. The van der Waals surface area contributed by atoms with E-state index in [2.05, 4.69) is 50.2 Å². The molecular formula is C15H20O3S. The molecule has 1 N–H and O–H groups in total. The number of hydrogen-bond acceptors (Lipinski definition) is 2. The second kappa shape index (κ2) is 6.68. The standard InChI is InChI=1S/C12H12.C3H8O3S/c1-9-7-10(2)12-6-4-3-5-11(12)8-9;1-2-3-7(4,5)6/h3-8H,1-2H3;2-3H2,1H3,(H,4,5,6). The van der Waals surface area contributed by atoms with Crippen molar-refractivity contribution in [3.05, 3.63) is 47.5 Å². The van der Waals surface area contributed by atoms with Crippen molar-refractivity contribution in [3.8, 4) is 0 Å². The Balaban J connectivity index is 0.000000224. The van der Waals surface area contributed by atoms with E-state index >= 15 is 0 Å². The number of aryl methyl sites for hydroxylation is 2. The number of rotatable bonds is 2. The van der Waals surface area contributed by atoms with E-state index in [1.54, 1.807) is 6.92 Å².